The van der Waals surface area contributed by atoms with Crippen LogP contribution in [0.25, 0.3) is 0 Å². The maximum Gasteiger partial charge on any atom is 0.418 e. The number of carbonyl (C=O) groups excluding carboxylic acids is 5. The molecule has 1 aliphatic heterocycles. The van der Waals surface area contributed by atoms with E-state index in [0.29, 0.717) is 22.8 Å². The molecule has 1 aromatic heterocycles. The molecule has 0 radical (unpaired) electrons. The topological polar surface area (TPSA) is 144 Å². The van der Waals surface area contributed by atoms with Crippen molar-refractivity contribution in [1.82, 2.24) is 4.90 Å². The van der Waals surface area contributed by atoms with Crippen LogP contribution < -0.4 is 15.4 Å². The number of furan rings is 1. The van der Waals surface area contributed by atoms with Crippen molar-refractivity contribution in [3.63, 3.8) is 0 Å². The Balaban J connectivity index is 1.51. The Labute approximate surface area is 297 Å². The molecule has 2 aromatic rings. The first-order valence-corrected chi connectivity index (χ1v) is 18.4. The Morgan fingerprint density at radius 3 is 1.86 bits per heavy atom. The molecule has 4 amide bonds. The van der Waals surface area contributed by atoms with E-state index < -0.39 is 35.3 Å². The van der Waals surface area contributed by atoms with E-state index in [9.17, 15) is 24.0 Å². The zero-order valence-electron chi connectivity index (χ0n) is 30.9. The molecule has 1 atom stereocenters. The second kappa shape index (κ2) is 19.9. The van der Waals surface area contributed by atoms with Gasteiger partial charge in [0.05, 0.1) is 18.4 Å². The third-order valence-corrected chi connectivity index (χ3v) is 9.08. The molecule has 1 aromatic carbocycles. The number of rotatable bonds is 23. The molecule has 0 aliphatic carbocycles. The lowest BCUT2D eigenvalue weighted by molar-refractivity contribution is -0.137. The first kappa shape index (κ1) is 40.3. The number of benzene rings is 1. The van der Waals surface area contributed by atoms with Crippen molar-refractivity contribution in [2.75, 3.05) is 17.7 Å². The van der Waals surface area contributed by atoms with Gasteiger partial charge in [0.25, 0.3) is 11.8 Å². The quantitative estimate of drug-likeness (QED) is 0.0666. The fourth-order valence-electron chi connectivity index (χ4n) is 6.25. The summed E-state index contributed by atoms with van der Waals surface area (Å²) in [6.45, 7) is 8.21. The van der Waals surface area contributed by atoms with Gasteiger partial charge in [-0.25, -0.2) is 9.69 Å². The number of aryl methyl sites for hydroxylation is 2. The lowest BCUT2D eigenvalue weighted by Crippen LogP contribution is -2.53. The number of unbranched alkanes of at least 4 members (excludes halogenated alkanes) is 14. The molecule has 50 heavy (non-hydrogen) atoms. The maximum atomic E-state index is 13.8. The lowest BCUT2D eigenvalue weighted by Gasteiger charge is -2.23. The van der Waals surface area contributed by atoms with E-state index in [2.05, 4.69) is 17.6 Å². The van der Waals surface area contributed by atoms with Crippen LogP contribution in [0.3, 0.4) is 0 Å². The first-order chi connectivity index (χ1) is 23.9. The van der Waals surface area contributed by atoms with Crippen LogP contribution in [-0.2, 0) is 19.1 Å². The number of anilines is 2. The van der Waals surface area contributed by atoms with Gasteiger partial charge in [0.1, 0.15) is 17.3 Å². The maximum absolute atomic E-state index is 13.8. The van der Waals surface area contributed by atoms with Crippen LogP contribution >= 0.6 is 0 Å². The van der Waals surface area contributed by atoms with Crippen molar-refractivity contribution in [2.45, 2.75) is 149 Å². The first-order valence-electron chi connectivity index (χ1n) is 18.4. The number of ether oxygens (including phenoxy) is 2. The lowest BCUT2D eigenvalue weighted by atomic mass is 10.0. The van der Waals surface area contributed by atoms with Gasteiger partial charge in [-0.1, -0.05) is 96.8 Å². The van der Waals surface area contributed by atoms with E-state index in [0.717, 1.165) is 19.3 Å². The van der Waals surface area contributed by atoms with E-state index in [4.69, 9.17) is 13.9 Å². The molecule has 1 fully saturated rings. The zero-order valence-corrected chi connectivity index (χ0v) is 30.9. The van der Waals surface area contributed by atoms with Crippen LogP contribution in [0.4, 0.5) is 16.2 Å². The van der Waals surface area contributed by atoms with Crippen molar-refractivity contribution in [1.29, 1.82) is 0 Å². The van der Waals surface area contributed by atoms with Gasteiger partial charge in [-0.15, -0.1) is 0 Å². The summed E-state index contributed by atoms with van der Waals surface area (Å²) in [7, 11) is 1.41. The van der Waals surface area contributed by atoms with Gasteiger partial charge in [0, 0.05) is 12.1 Å². The second-order valence-electron chi connectivity index (χ2n) is 13.8. The SMILES string of the molecule is CCCCCCCCCCCCCCCCCC(=O)Nc1ccc(OC)c(NC(=O)C(C(=O)c2cc(C)oc2C)N2C(=O)OC(C)(C)C2=O)c1. The normalized spacial score (nSPS) is 14.4. The molecule has 1 unspecified atom stereocenters. The van der Waals surface area contributed by atoms with Gasteiger partial charge in [-0.05, 0) is 58.4 Å². The van der Waals surface area contributed by atoms with Crippen molar-refractivity contribution >= 4 is 41.0 Å². The second-order valence-corrected chi connectivity index (χ2v) is 13.8. The molecular weight excluding hydrogens is 638 g/mol. The molecule has 2 N–H and O–H groups in total. The van der Waals surface area contributed by atoms with Gasteiger partial charge in [0.2, 0.25) is 5.91 Å². The molecule has 3 rings (SSSR count). The molecule has 0 saturated carbocycles. The van der Waals surface area contributed by atoms with E-state index >= 15 is 0 Å². The molecule has 11 heteroatoms. The van der Waals surface area contributed by atoms with Crippen LogP contribution in [0.1, 0.15) is 145 Å². The van der Waals surface area contributed by atoms with Crippen molar-refractivity contribution in [3.8, 4) is 5.75 Å². The summed E-state index contributed by atoms with van der Waals surface area (Å²) in [6, 6.07) is 4.27. The van der Waals surface area contributed by atoms with Crippen LogP contribution in [0, 0.1) is 13.8 Å². The molecule has 1 saturated heterocycles. The van der Waals surface area contributed by atoms with Gasteiger partial charge in [0.15, 0.2) is 17.4 Å². The average Bonchev–Trinajstić information content (AvgIpc) is 3.51. The third-order valence-electron chi connectivity index (χ3n) is 9.08. The van der Waals surface area contributed by atoms with Crippen LogP contribution in [0.5, 0.6) is 5.75 Å². The summed E-state index contributed by atoms with van der Waals surface area (Å²) >= 11 is 0. The van der Waals surface area contributed by atoms with Gasteiger partial charge in [-0.3, -0.25) is 19.2 Å². The van der Waals surface area contributed by atoms with E-state index in [1.165, 1.54) is 110 Å². The summed E-state index contributed by atoms with van der Waals surface area (Å²) in [5.74, 6) is -1.86. The number of imide groups is 1. The predicted molar refractivity (Wildman–Crippen MR) is 194 cm³/mol. The number of nitrogens with one attached hydrogen (secondary N) is 2. The summed E-state index contributed by atoms with van der Waals surface area (Å²) in [5, 5.41) is 5.49. The van der Waals surface area contributed by atoms with Crippen molar-refractivity contribution < 1.29 is 37.9 Å². The highest BCUT2D eigenvalue weighted by Crippen LogP contribution is 2.32. The molecule has 0 spiro atoms. The minimum Gasteiger partial charge on any atom is -0.495 e. The third kappa shape index (κ3) is 11.7. The molecule has 11 nitrogen and oxygen atoms in total. The number of hydrogen-bond acceptors (Lipinski definition) is 8. The Hall–Kier alpha value is -4.15. The smallest absolute Gasteiger partial charge is 0.418 e. The number of amides is 4. The summed E-state index contributed by atoms with van der Waals surface area (Å²) in [4.78, 5) is 66.8. The minimum absolute atomic E-state index is 0.0553. The molecule has 0 bridgehead atoms. The van der Waals surface area contributed by atoms with Gasteiger partial charge < -0.3 is 24.5 Å². The monoisotopic (exact) mass is 695 g/mol. The van der Waals surface area contributed by atoms with E-state index in [1.54, 1.807) is 26.0 Å². The van der Waals surface area contributed by atoms with Crippen LogP contribution in [0.2, 0.25) is 0 Å². The number of Topliss-reactive ketones (excluding diaryl/α,β-unsaturated/α-hetero) is 1. The average molecular weight is 696 g/mol. The highest BCUT2D eigenvalue weighted by Gasteiger charge is 2.54. The van der Waals surface area contributed by atoms with Crippen molar-refractivity contribution in [3.05, 3.63) is 41.3 Å². The van der Waals surface area contributed by atoms with Gasteiger partial charge >= 0.3 is 6.09 Å². The number of nitrogens with zero attached hydrogens (tertiary/aromatic N) is 1. The highest BCUT2D eigenvalue weighted by molar-refractivity contribution is 6.22. The summed E-state index contributed by atoms with van der Waals surface area (Å²) in [5.41, 5.74) is -0.959. The number of carbonyl (C=O) groups is 5. The largest absolute Gasteiger partial charge is 0.495 e. The highest BCUT2D eigenvalue weighted by atomic mass is 16.6. The summed E-state index contributed by atoms with van der Waals surface area (Å²) < 4.78 is 16.1. The fraction of sp³-hybridized carbons (Fsp3) is 0.615. The van der Waals surface area contributed by atoms with E-state index in [1.807, 2.05) is 0 Å². The van der Waals surface area contributed by atoms with Crippen LogP contribution in [0.15, 0.2) is 28.7 Å². The number of methoxy groups -OCH3 is 1. The van der Waals surface area contributed by atoms with Gasteiger partial charge in [-0.2, -0.15) is 0 Å². The Morgan fingerprint density at radius 1 is 0.820 bits per heavy atom. The summed E-state index contributed by atoms with van der Waals surface area (Å²) in [6.07, 6.45) is 18.0. The molecule has 2 heterocycles. The Morgan fingerprint density at radius 2 is 1.38 bits per heavy atom. The Kier molecular flexibility index (Phi) is 16.0. The zero-order chi connectivity index (χ0) is 36.7. The fourth-order valence-corrected chi connectivity index (χ4v) is 6.25. The number of hydrogen-bond donors (Lipinski definition) is 2. The van der Waals surface area contributed by atoms with Crippen molar-refractivity contribution in [2.24, 2.45) is 0 Å². The molecule has 276 valence electrons. The minimum atomic E-state index is -1.89. The molecular formula is C39H57N3O8. The van der Waals surface area contributed by atoms with Crippen LogP contribution in [-0.4, -0.2) is 53.3 Å². The Bertz CT molecular complexity index is 1460. The predicted octanol–water partition coefficient (Wildman–Crippen LogP) is 9.05. The number of ketones is 1. The molecule has 1 aliphatic rings. The number of cyclic esters (lactones) is 1. The standard InChI is InChI=1S/C39H57N3O8/c1-7-8-9-10-11-12-13-14-15-16-17-18-19-20-21-22-33(43)40-29-23-24-32(48-6)31(26-29)41-36(45)34(35(44)30-25-27(2)49-28(30)3)42-37(46)39(4,5)50-38(42)47/h23-26,34H,7-22H2,1-6H3,(H,40,43)(H,41,45). The van der Waals surface area contributed by atoms with E-state index in [-0.39, 0.29) is 28.7 Å².